The van der Waals surface area contributed by atoms with Gasteiger partial charge >= 0.3 is 0 Å². The van der Waals surface area contributed by atoms with Crippen molar-refractivity contribution < 1.29 is 13.6 Å². The number of halogens is 2. The normalized spacial score (nSPS) is 10.9. The predicted octanol–water partition coefficient (Wildman–Crippen LogP) is 2.58. The Hall–Kier alpha value is -1.00. The molecule has 14 heavy (non-hydrogen) atoms. The van der Waals surface area contributed by atoms with Crippen LogP contribution in [0.15, 0.2) is 18.2 Å². The van der Waals surface area contributed by atoms with Crippen molar-refractivity contribution in [2.45, 2.75) is 19.9 Å². The Labute approximate surface area is 81.8 Å². The SMILES string of the molecule is CONCc1cc(C)ccc1C(F)F. The first kappa shape index (κ1) is 11.1. The minimum atomic E-state index is -2.44. The topological polar surface area (TPSA) is 21.3 Å². The highest BCUT2D eigenvalue weighted by Gasteiger charge is 2.12. The van der Waals surface area contributed by atoms with Gasteiger partial charge in [-0.2, -0.15) is 5.48 Å². The van der Waals surface area contributed by atoms with E-state index in [0.717, 1.165) is 5.56 Å². The van der Waals surface area contributed by atoms with Crippen molar-refractivity contribution in [1.29, 1.82) is 0 Å². The second kappa shape index (κ2) is 5.02. The second-order valence-electron chi connectivity index (χ2n) is 3.03. The lowest BCUT2D eigenvalue weighted by Crippen LogP contribution is -2.12. The first-order valence-electron chi connectivity index (χ1n) is 4.28. The fourth-order valence-corrected chi connectivity index (χ4v) is 1.25. The molecule has 0 amide bonds. The Morgan fingerprint density at radius 3 is 2.71 bits per heavy atom. The second-order valence-corrected chi connectivity index (χ2v) is 3.03. The Bertz CT molecular complexity index is 302. The van der Waals surface area contributed by atoms with E-state index in [-0.39, 0.29) is 12.1 Å². The Morgan fingerprint density at radius 1 is 1.43 bits per heavy atom. The first-order chi connectivity index (χ1) is 6.65. The van der Waals surface area contributed by atoms with Crippen molar-refractivity contribution in [3.63, 3.8) is 0 Å². The van der Waals surface area contributed by atoms with Crippen molar-refractivity contribution in [2.24, 2.45) is 0 Å². The number of hydroxylamine groups is 1. The van der Waals surface area contributed by atoms with Gasteiger partial charge in [-0.15, -0.1) is 0 Å². The quantitative estimate of drug-likeness (QED) is 0.756. The largest absolute Gasteiger partial charge is 0.305 e. The zero-order valence-electron chi connectivity index (χ0n) is 8.18. The third-order valence-corrected chi connectivity index (χ3v) is 1.94. The summed E-state index contributed by atoms with van der Waals surface area (Å²) in [6.45, 7) is 2.16. The van der Waals surface area contributed by atoms with Crippen LogP contribution in [0.3, 0.4) is 0 Å². The fraction of sp³-hybridized carbons (Fsp3) is 0.400. The van der Waals surface area contributed by atoms with E-state index in [0.29, 0.717) is 5.56 Å². The lowest BCUT2D eigenvalue weighted by molar-refractivity contribution is 0.0849. The average molecular weight is 201 g/mol. The van der Waals surface area contributed by atoms with Gasteiger partial charge in [-0.1, -0.05) is 23.8 Å². The molecular formula is C10H13F2NO. The maximum absolute atomic E-state index is 12.5. The van der Waals surface area contributed by atoms with E-state index in [9.17, 15) is 8.78 Å². The highest BCUT2D eigenvalue weighted by molar-refractivity contribution is 5.32. The van der Waals surface area contributed by atoms with Gasteiger partial charge in [0.1, 0.15) is 0 Å². The van der Waals surface area contributed by atoms with Gasteiger partial charge in [-0.05, 0) is 12.5 Å². The van der Waals surface area contributed by atoms with E-state index in [1.54, 1.807) is 12.1 Å². The van der Waals surface area contributed by atoms with Crippen LogP contribution in [0.5, 0.6) is 0 Å². The van der Waals surface area contributed by atoms with Gasteiger partial charge in [-0.3, -0.25) is 0 Å². The number of hydrogen-bond donors (Lipinski definition) is 1. The number of alkyl halides is 2. The standard InChI is InChI=1S/C10H13F2NO/c1-7-3-4-9(10(11)12)8(5-7)6-13-14-2/h3-5,10,13H,6H2,1-2H3. The van der Waals surface area contributed by atoms with Gasteiger partial charge in [0, 0.05) is 12.1 Å². The molecule has 1 rings (SSSR count). The summed E-state index contributed by atoms with van der Waals surface area (Å²) >= 11 is 0. The monoisotopic (exact) mass is 201 g/mol. The van der Waals surface area contributed by atoms with Gasteiger partial charge in [0.15, 0.2) is 0 Å². The summed E-state index contributed by atoms with van der Waals surface area (Å²) in [5, 5.41) is 0. The summed E-state index contributed by atoms with van der Waals surface area (Å²) in [6, 6.07) is 4.86. The molecule has 0 radical (unpaired) electrons. The van der Waals surface area contributed by atoms with Crippen molar-refractivity contribution in [2.75, 3.05) is 7.11 Å². The number of hydrogen-bond acceptors (Lipinski definition) is 2. The molecule has 78 valence electrons. The first-order valence-corrected chi connectivity index (χ1v) is 4.28. The molecular weight excluding hydrogens is 188 g/mol. The minimum Gasteiger partial charge on any atom is -0.305 e. The van der Waals surface area contributed by atoms with Crippen LogP contribution in [0.2, 0.25) is 0 Å². The van der Waals surface area contributed by atoms with Gasteiger partial charge in [-0.25, -0.2) is 8.78 Å². The molecule has 0 aliphatic heterocycles. The number of nitrogens with one attached hydrogen (secondary N) is 1. The lowest BCUT2D eigenvalue weighted by Gasteiger charge is -2.09. The summed E-state index contributed by atoms with van der Waals surface area (Å²) in [5.74, 6) is 0. The van der Waals surface area contributed by atoms with E-state index in [2.05, 4.69) is 10.3 Å². The van der Waals surface area contributed by atoms with Crippen molar-refractivity contribution in [1.82, 2.24) is 5.48 Å². The molecule has 0 aliphatic carbocycles. The van der Waals surface area contributed by atoms with Crippen LogP contribution in [0.1, 0.15) is 23.1 Å². The summed E-state index contributed by atoms with van der Waals surface area (Å²) in [7, 11) is 1.46. The average Bonchev–Trinajstić information content (AvgIpc) is 2.14. The van der Waals surface area contributed by atoms with Crippen molar-refractivity contribution in [3.8, 4) is 0 Å². The molecule has 0 aliphatic rings. The van der Waals surface area contributed by atoms with Gasteiger partial charge in [0.05, 0.1) is 7.11 Å². The molecule has 1 aromatic rings. The fourth-order valence-electron chi connectivity index (χ4n) is 1.25. The van der Waals surface area contributed by atoms with Crippen LogP contribution in [-0.2, 0) is 11.4 Å². The molecule has 0 heterocycles. The Balaban J connectivity index is 2.91. The molecule has 0 saturated carbocycles. The molecule has 0 unspecified atom stereocenters. The maximum atomic E-state index is 12.5. The lowest BCUT2D eigenvalue weighted by atomic mass is 10.1. The smallest absolute Gasteiger partial charge is 0.264 e. The number of aryl methyl sites for hydroxylation is 1. The van der Waals surface area contributed by atoms with E-state index in [1.807, 2.05) is 6.92 Å². The van der Waals surface area contributed by atoms with E-state index in [1.165, 1.54) is 13.2 Å². The molecule has 0 bridgehead atoms. The molecule has 2 nitrogen and oxygen atoms in total. The zero-order valence-corrected chi connectivity index (χ0v) is 8.18. The maximum Gasteiger partial charge on any atom is 0.264 e. The molecule has 0 aromatic heterocycles. The number of rotatable bonds is 4. The van der Waals surface area contributed by atoms with E-state index >= 15 is 0 Å². The summed E-state index contributed by atoms with van der Waals surface area (Å²) in [6.07, 6.45) is -2.44. The van der Waals surface area contributed by atoms with Crippen LogP contribution in [0, 0.1) is 6.92 Å². The van der Waals surface area contributed by atoms with Gasteiger partial charge < -0.3 is 4.84 Å². The Kier molecular flexibility index (Phi) is 3.98. The van der Waals surface area contributed by atoms with Crippen LogP contribution in [-0.4, -0.2) is 7.11 Å². The van der Waals surface area contributed by atoms with Crippen LogP contribution in [0.4, 0.5) is 8.78 Å². The van der Waals surface area contributed by atoms with E-state index < -0.39 is 6.43 Å². The number of benzene rings is 1. The van der Waals surface area contributed by atoms with Crippen molar-refractivity contribution >= 4 is 0 Å². The summed E-state index contributed by atoms with van der Waals surface area (Å²) in [5.41, 5.74) is 4.14. The molecule has 0 saturated heterocycles. The third-order valence-electron chi connectivity index (χ3n) is 1.94. The van der Waals surface area contributed by atoms with Gasteiger partial charge in [0.25, 0.3) is 6.43 Å². The molecule has 1 N–H and O–H groups in total. The highest BCUT2D eigenvalue weighted by atomic mass is 19.3. The Morgan fingerprint density at radius 2 is 2.14 bits per heavy atom. The highest BCUT2D eigenvalue weighted by Crippen LogP contribution is 2.23. The predicted molar refractivity (Wildman–Crippen MR) is 50.0 cm³/mol. The van der Waals surface area contributed by atoms with Crippen LogP contribution >= 0.6 is 0 Å². The van der Waals surface area contributed by atoms with Crippen molar-refractivity contribution in [3.05, 3.63) is 34.9 Å². The molecule has 0 spiro atoms. The summed E-state index contributed by atoms with van der Waals surface area (Å²) < 4.78 is 25.0. The third kappa shape index (κ3) is 2.75. The molecule has 0 atom stereocenters. The van der Waals surface area contributed by atoms with Crippen LogP contribution < -0.4 is 5.48 Å². The molecule has 1 aromatic carbocycles. The molecule has 4 heteroatoms. The van der Waals surface area contributed by atoms with E-state index in [4.69, 9.17) is 0 Å². The van der Waals surface area contributed by atoms with Crippen LogP contribution in [0.25, 0.3) is 0 Å². The summed E-state index contributed by atoms with van der Waals surface area (Å²) in [4.78, 5) is 4.63. The van der Waals surface area contributed by atoms with Gasteiger partial charge in [0.2, 0.25) is 0 Å². The zero-order chi connectivity index (χ0) is 10.6. The minimum absolute atomic E-state index is 0.0557. The molecule has 0 fully saturated rings.